The first-order chi connectivity index (χ1) is 13.2. The monoisotopic (exact) mass is 413 g/mol. The van der Waals surface area contributed by atoms with Crippen LogP contribution in [0.1, 0.15) is 19.8 Å². The third-order valence-electron chi connectivity index (χ3n) is 4.35. The predicted molar refractivity (Wildman–Crippen MR) is 116 cm³/mol. The average molecular weight is 414 g/mol. The summed E-state index contributed by atoms with van der Waals surface area (Å²) in [5.41, 5.74) is 2.82. The van der Waals surface area contributed by atoms with Gasteiger partial charge in [-0.05, 0) is 35.1 Å². The lowest BCUT2D eigenvalue weighted by Gasteiger charge is -2.07. The Morgan fingerprint density at radius 2 is 1.96 bits per heavy atom. The number of hydrogen-bond acceptors (Lipinski definition) is 5. The third-order valence-corrected chi connectivity index (χ3v) is 8.19. The van der Waals surface area contributed by atoms with Crippen LogP contribution in [0.3, 0.4) is 0 Å². The van der Waals surface area contributed by atoms with E-state index in [-0.39, 0.29) is 5.75 Å². The molecule has 0 aliphatic rings. The second-order valence-electron chi connectivity index (χ2n) is 6.22. The zero-order valence-electron chi connectivity index (χ0n) is 14.8. The van der Waals surface area contributed by atoms with Gasteiger partial charge in [0.25, 0.3) is 0 Å². The minimum atomic E-state index is -1.20. The van der Waals surface area contributed by atoms with Crippen molar-refractivity contribution in [1.82, 2.24) is 4.98 Å². The molecular formula is C21H19NO2S3. The second-order valence-corrected chi connectivity index (χ2v) is 9.93. The van der Waals surface area contributed by atoms with Gasteiger partial charge in [0.2, 0.25) is 0 Å². The molecule has 0 aliphatic carbocycles. The highest BCUT2D eigenvalue weighted by atomic mass is 32.2. The number of benzene rings is 1. The summed E-state index contributed by atoms with van der Waals surface area (Å²) >= 11 is 2.98. The number of hydrogen-bond donors (Lipinski definition) is 1. The molecule has 1 N–H and O–H groups in total. The normalized spacial score (nSPS) is 12.5. The fourth-order valence-electron chi connectivity index (χ4n) is 2.98. The highest BCUT2D eigenvalue weighted by Crippen LogP contribution is 2.45. The number of rotatable bonds is 6. The van der Waals surface area contributed by atoms with Gasteiger partial charge in [0.05, 0.1) is 26.8 Å². The summed E-state index contributed by atoms with van der Waals surface area (Å²) in [5.74, 6) is 0.684. The number of fused-ring (bicyclic) bond motifs is 1. The van der Waals surface area contributed by atoms with Crippen molar-refractivity contribution in [2.24, 2.45) is 0 Å². The first-order valence-electron chi connectivity index (χ1n) is 8.83. The molecule has 1 atom stereocenters. The van der Waals surface area contributed by atoms with Crippen LogP contribution in [0, 0.1) is 0 Å². The van der Waals surface area contributed by atoms with Crippen molar-refractivity contribution in [2.45, 2.75) is 24.0 Å². The molecule has 3 nitrogen and oxygen atoms in total. The molecule has 0 spiro atoms. The SMILES string of the molecule is CCCCS(=O)c1sc2nc(-c3cccs3)cc(-c3ccccc3)c2c1O. The molecule has 4 aromatic rings. The highest BCUT2D eigenvalue weighted by Gasteiger charge is 2.22. The predicted octanol–water partition coefficient (Wildman–Crippen LogP) is 6.31. The van der Waals surface area contributed by atoms with Crippen molar-refractivity contribution in [3.8, 4) is 27.4 Å². The van der Waals surface area contributed by atoms with Crippen LogP contribution >= 0.6 is 22.7 Å². The summed E-state index contributed by atoms with van der Waals surface area (Å²) in [6, 6.07) is 16.1. The molecule has 1 aromatic carbocycles. The number of nitrogens with zero attached hydrogens (tertiary/aromatic N) is 1. The zero-order chi connectivity index (χ0) is 18.8. The van der Waals surface area contributed by atoms with Crippen molar-refractivity contribution in [3.05, 3.63) is 53.9 Å². The fraction of sp³-hybridized carbons (Fsp3) is 0.190. The maximum atomic E-state index is 12.7. The molecular weight excluding hydrogens is 394 g/mol. The number of aromatic hydroxyl groups is 1. The maximum absolute atomic E-state index is 12.7. The fourth-order valence-corrected chi connectivity index (χ4v) is 6.41. The van der Waals surface area contributed by atoms with E-state index in [1.165, 1.54) is 11.3 Å². The largest absolute Gasteiger partial charge is 0.505 e. The molecule has 0 radical (unpaired) electrons. The molecule has 4 rings (SSSR count). The minimum Gasteiger partial charge on any atom is -0.505 e. The Balaban J connectivity index is 1.95. The van der Waals surface area contributed by atoms with E-state index in [1.807, 2.05) is 53.9 Å². The first-order valence-corrected chi connectivity index (χ1v) is 11.8. The van der Waals surface area contributed by atoms with E-state index in [4.69, 9.17) is 4.98 Å². The zero-order valence-corrected chi connectivity index (χ0v) is 17.3. The Labute approximate surface area is 168 Å². The lowest BCUT2D eigenvalue weighted by atomic mass is 10.0. The summed E-state index contributed by atoms with van der Waals surface area (Å²) < 4.78 is 13.2. The summed E-state index contributed by atoms with van der Waals surface area (Å²) in [6.45, 7) is 2.07. The Hall–Kier alpha value is -2.02. The molecule has 3 heterocycles. The Morgan fingerprint density at radius 1 is 1.15 bits per heavy atom. The van der Waals surface area contributed by atoms with Gasteiger partial charge in [-0.25, -0.2) is 4.98 Å². The van der Waals surface area contributed by atoms with Crippen LogP contribution in [-0.4, -0.2) is 20.1 Å². The molecule has 0 amide bonds. The van der Waals surface area contributed by atoms with E-state index < -0.39 is 10.8 Å². The Morgan fingerprint density at radius 3 is 2.67 bits per heavy atom. The molecule has 0 saturated heterocycles. The van der Waals surface area contributed by atoms with Crippen molar-refractivity contribution < 1.29 is 9.32 Å². The summed E-state index contributed by atoms with van der Waals surface area (Å²) in [4.78, 5) is 6.60. The lowest BCUT2D eigenvalue weighted by Crippen LogP contribution is -1.95. The van der Waals surface area contributed by atoms with Crippen molar-refractivity contribution in [3.63, 3.8) is 0 Å². The van der Waals surface area contributed by atoms with Gasteiger partial charge in [0.1, 0.15) is 9.04 Å². The van der Waals surface area contributed by atoms with Gasteiger partial charge in [-0.1, -0.05) is 49.7 Å². The molecule has 6 heteroatoms. The maximum Gasteiger partial charge on any atom is 0.152 e. The van der Waals surface area contributed by atoms with E-state index in [1.54, 1.807) is 11.3 Å². The quantitative estimate of drug-likeness (QED) is 0.403. The molecule has 3 aromatic heterocycles. The van der Waals surface area contributed by atoms with Crippen LogP contribution in [0.25, 0.3) is 31.9 Å². The minimum absolute atomic E-state index is 0.119. The van der Waals surface area contributed by atoms with Crippen LogP contribution in [0.2, 0.25) is 0 Å². The van der Waals surface area contributed by atoms with E-state index >= 15 is 0 Å². The van der Waals surface area contributed by atoms with E-state index in [0.717, 1.165) is 39.4 Å². The van der Waals surface area contributed by atoms with Crippen LogP contribution in [0.15, 0.2) is 58.1 Å². The van der Waals surface area contributed by atoms with E-state index in [9.17, 15) is 9.32 Å². The topological polar surface area (TPSA) is 50.2 Å². The molecule has 138 valence electrons. The first kappa shape index (κ1) is 18.3. The summed E-state index contributed by atoms with van der Waals surface area (Å²) in [5, 5.41) is 13.6. The van der Waals surface area contributed by atoms with Gasteiger partial charge in [0.15, 0.2) is 5.75 Å². The van der Waals surface area contributed by atoms with Gasteiger partial charge in [-0.15, -0.1) is 22.7 Å². The van der Waals surface area contributed by atoms with Crippen LogP contribution in [0.5, 0.6) is 5.75 Å². The summed E-state index contributed by atoms with van der Waals surface area (Å²) in [6.07, 6.45) is 1.85. The van der Waals surface area contributed by atoms with Crippen molar-refractivity contribution >= 4 is 43.7 Å². The number of unbranched alkanes of at least 4 members (excludes halogenated alkanes) is 1. The molecule has 0 fully saturated rings. The van der Waals surface area contributed by atoms with Crippen LogP contribution in [0.4, 0.5) is 0 Å². The van der Waals surface area contributed by atoms with Gasteiger partial charge >= 0.3 is 0 Å². The smallest absolute Gasteiger partial charge is 0.152 e. The Kier molecular flexibility index (Phi) is 5.38. The number of pyridine rings is 1. The molecule has 1 unspecified atom stereocenters. The molecule has 0 aliphatic heterocycles. The van der Waals surface area contributed by atoms with E-state index in [0.29, 0.717) is 15.3 Å². The third kappa shape index (κ3) is 3.57. The van der Waals surface area contributed by atoms with Gasteiger partial charge in [-0.2, -0.15) is 0 Å². The number of thiophene rings is 2. The molecule has 0 saturated carbocycles. The number of aromatic nitrogens is 1. The standard InChI is InChI=1S/C21H19NO2S3/c1-2-3-12-27(24)21-19(23)18-15(14-8-5-4-6-9-14)13-16(22-20(18)26-21)17-10-7-11-25-17/h4-11,13,23H,2-3,12H2,1H3. The molecule has 0 bridgehead atoms. The van der Waals surface area contributed by atoms with Crippen LogP contribution < -0.4 is 0 Å². The van der Waals surface area contributed by atoms with Crippen molar-refractivity contribution in [2.75, 3.05) is 5.75 Å². The van der Waals surface area contributed by atoms with Gasteiger partial charge < -0.3 is 5.11 Å². The average Bonchev–Trinajstić information content (AvgIpc) is 3.35. The van der Waals surface area contributed by atoms with Gasteiger partial charge in [0, 0.05) is 5.75 Å². The van der Waals surface area contributed by atoms with E-state index in [2.05, 4.69) is 6.92 Å². The molecule has 27 heavy (non-hydrogen) atoms. The second kappa shape index (κ2) is 7.92. The summed E-state index contributed by atoms with van der Waals surface area (Å²) in [7, 11) is -1.20. The van der Waals surface area contributed by atoms with Crippen molar-refractivity contribution in [1.29, 1.82) is 0 Å². The highest BCUT2D eigenvalue weighted by molar-refractivity contribution is 7.87. The Bertz CT molecular complexity index is 1090. The lowest BCUT2D eigenvalue weighted by molar-refractivity contribution is 0.472. The van der Waals surface area contributed by atoms with Gasteiger partial charge in [-0.3, -0.25) is 4.21 Å². The van der Waals surface area contributed by atoms with Crippen LogP contribution in [-0.2, 0) is 10.8 Å².